The molecule has 0 bridgehead atoms. The zero-order chi connectivity index (χ0) is 10.3. The summed E-state index contributed by atoms with van der Waals surface area (Å²) in [6.07, 6.45) is 4.08. The molecule has 0 spiro atoms. The van der Waals surface area contributed by atoms with Gasteiger partial charge in [-0.05, 0) is 48.8 Å². The fourth-order valence-electron chi connectivity index (χ4n) is 2.76. The van der Waals surface area contributed by atoms with Crippen molar-refractivity contribution < 1.29 is 0 Å². The van der Waals surface area contributed by atoms with Gasteiger partial charge in [0.1, 0.15) is 0 Å². The van der Waals surface area contributed by atoms with Gasteiger partial charge in [0, 0.05) is 6.04 Å². The van der Waals surface area contributed by atoms with Crippen LogP contribution in [-0.4, -0.2) is 6.54 Å². The summed E-state index contributed by atoms with van der Waals surface area (Å²) >= 11 is 0. The van der Waals surface area contributed by atoms with E-state index in [4.69, 9.17) is 0 Å². The van der Waals surface area contributed by atoms with Crippen LogP contribution in [0, 0.1) is 11.8 Å². The Balaban J connectivity index is 1.98. The molecule has 15 heavy (non-hydrogen) atoms. The van der Waals surface area contributed by atoms with Crippen molar-refractivity contribution >= 4 is 0 Å². The summed E-state index contributed by atoms with van der Waals surface area (Å²) < 4.78 is 0. The Morgan fingerprint density at radius 3 is 2.80 bits per heavy atom. The number of nitrogens with one attached hydrogen (secondary N) is 1. The van der Waals surface area contributed by atoms with Gasteiger partial charge >= 0.3 is 0 Å². The van der Waals surface area contributed by atoms with Crippen LogP contribution in [-0.2, 0) is 6.42 Å². The molecule has 2 atom stereocenters. The molecule has 1 aliphatic carbocycles. The van der Waals surface area contributed by atoms with Gasteiger partial charge in [-0.25, -0.2) is 0 Å². The van der Waals surface area contributed by atoms with Crippen LogP contribution in [0.15, 0.2) is 24.3 Å². The lowest BCUT2D eigenvalue weighted by atomic mass is 9.94. The van der Waals surface area contributed by atoms with Crippen LogP contribution in [0.1, 0.15) is 36.9 Å². The average molecular weight is 201 g/mol. The van der Waals surface area contributed by atoms with Crippen molar-refractivity contribution in [3.63, 3.8) is 0 Å². The molecule has 0 saturated heterocycles. The number of rotatable bonds is 1. The van der Waals surface area contributed by atoms with Crippen molar-refractivity contribution in [2.75, 3.05) is 6.54 Å². The Morgan fingerprint density at radius 2 is 2.00 bits per heavy atom. The van der Waals surface area contributed by atoms with E-state index in [-0.39, 0.29) is 0 Å². The van der Waals surface area contributed by atoms with Crippen molar-refractivity contribution in [3.8, 4) is 0 Å². The topological polar surface area (TPSA) is 12.0 Å². The highest BCUT2D eigenvalue weighted by atomic mass is 14.9. The first-order valence-electron chi connectivity index (χ1n) is 6.16. The standard InChI is InChI=1S/C14H19N/c1-10-8-12-4-2-3-5-13(12)14(15-9-10)11-6-7-11/h2-5,10-11,14-15H,6-9H2,1H3. The van der Waals surface area contributed by atoms with Crippen LogP contribution in [0.25, 0.3) is 0 Å². The summed E-state index contributed by atoms with van der Waals surface area (Å²) in [6.45, 7) is 3.52. The van der Waals surface area contributed by atoms with Crippen LogP contribution < -0.4 is 5.32 Å². The molecule has 1 N–H and O–H groups in total. The second-order valence-corrected chi connectivity index (χ2v) is 5.23. The van der Waals surface area contributed by atoms with Gasteiger partial charge in [0.2, 0.25) is 0 Å². The van der Waals surface area contributed by atoms with Crippen LogP contribution in [0.4, 0.5) is 0 Å². The Kier molecular flexibility index (Phi) is 2.28. The maximum absolute atomic E-state index is 3.75. The molecule has 0 radical (unpaired) electrons. The van der Waals surface area contributed by atoms with Crippen molar-refractivity contribution in [2.45, 2.75) is 32.2 Å². The Morgan fingerprint density at radius 1 is 1.20 bits per heavy atom. The first kappa shape index (κ1) is 9.41. The van der Waals surface area contributed by atoms with Crippen molar-refractivity contribution in [3.05, 3.63) is 35.4 Å². The van der Waals surface area contributed by atoms with Gasteiger partial charge in [-0.3, -0.25) is 0 Å². The van der Waals surface area contributed by atoms with Crippen LogP contribution >= 0.6 is 0 Å². The fraction of sp³-hybridized carbons (Fsp3) is 0.571. The van der Waals surface area contributed by atoms with E-state index in [1.54, 1.807) is 11.1 Å². The summed E-state index contributed by atoms with van der Waals surface area (Å²) in [4.78, 5) is 0. The summed E-state index contributed by atoms with van der Waals surface area (Å²) in [5, 5.41) is 3.75. The second kappa shape index (κ2) is 3.64. The van der Waals surface area contributed by atoms with Gasteiger partial charge in [0.25, 0.3) is 0 Å². The number of fused-ring (bicyclic) bond motifs is 1. The minimum absolute atomic E-state index is 0.645. The van der Waals surface area contributed by atoms with E-state index in [1.807, 2.05) is 0 Å². The average Bonchev–Trinajstić information content (AvgIpc) is 3.03. The highest BCUT2D eigenvalue weighted by Crippen LogP contribution is 2.43. The minimum Gasteiger partial charge on any atom is -0.309 e. The third kappa shape index (κ3) is 1.81. The van der Waals surface area contributed by atoms with Gasteiger partial charge in [-0.1, -0.05) is 31.2 Å². The molecular weight excluding hydrogens is 182 g/mol. The maximum Gasteiger partial charge on any atom is 0.0351 e. The third-order valence-corrected chi connectivity index (χ3v) is 3.74. The number of benzene rings is 1. The normalized spacial score (nSPS) is 30.7. The molecule has 1 heteroatoms. The first-order valence-corrected chi connectivity index (χ1v) is 6.16. The Bertz CT molecular complexity index is 354. The molecule has 2 aliphatic rings. The number of hydrogen-bond donors (Lipinski definition) is 1. The minimum atomic E-state index is 0.645. The lowest BCUT2D eigenvalue weighted by Gasteiger charge is -2.18. The highest BCUT2D eigenvalue weighted by molar-refractivity contribution is 5.32. The van der Waals surface area contributed by atoms with Crippen molar-refractivity contribution in [2.24, 2.45) is 11.8 Å². The molecule has 1 fully saturated rings. The SMILES string of the molecule is CC1CNC(C2CC2)c2ccccc2C1. The molecule has 0 aromatic heterocycles. The first-order chi connectivity index (χ1) is 7.34. The van der Waals surface area contributed by atoms with Gasteiger partial charge in [-0.2, -0.15) is 0 Å². The van der Waals surface area contributed by atoms with Gasteiger partial charge in [0.05, 0.1) is 0 Å². The molecule has 1 nitrogen and oxygen atoms in total. The lowest BCUT2D eigenvalue weighted by molar-refractivity contribution is 0.445. The molecule has 1 aliphatic heterocycles. The highest BCUT2D eigenvalue weighted by Gasteiger charge is 2.34. The largest absolute Gasteiger partial charge is 0.309 e. The molecule has 80 valence electrons. The Hall–Kier alpha value is -0.820. The summed E-state index contributed by atoms with van der Waals surface area (Å²) in [5.74, 6) is 1.69. The van der Waals surface area contributed by atoms with E-state index >= 15 is 0 Å². The Labute approximate surface area is 91.9 Å². The molecule has 1 aromatic rings. The van der Waals surface area contributed by atoms with Crippen molar-refractivity contribution in [1.82, 2.24) is 5.32 Å². The smallest absolute Gasteiger partial charge is 0.0351 e. The summed E-state index contributed by atoms with van der Waals surface area (Å²) in [6, 6.07) is 9.65. The molecule has 3 rings (SSSR count). The predicted octanol–water partition coefficient (Wildman–Crippen LogP) is 2.92. The second-order valence-electron chi connectivity index (χ2n) is 5.23. The zero-order valence-corrected chi connectivity index (χ0v) is 9.37. The fourth-order valence-corrected chi connectivity index (χ4v) is 2.76. The van der Waals surface area contributed by atoms with Crippen LogP contribution in [0.2, 0.25) is 0 Å². The predicted molar refractivity (Wildman–Crippen MR) is 62.8 cm³/mol. The molecule has 1 saturated carbocycles. The quantitative estimate of drug-likeness (QED) is 0.736. The van der Waals surface area contributed by atoms with Crippen LogP contribution in [0.5, 0.6) is 0 Å². The van der Waals surface area contributed by atoms with Gasteiger partial charge in [-0.15, -0.1) is 0 Å². The zero-order valence-electron chi connectivity index (χ0n) is 9.37. The van der Waals surface area contributed by atoms with E-state index in [9.17, 15) is 0 Å². The van der Waals surface area contributed by atoms with Crippen molar-refractivity contribution in [1.29, 1.82) is 0 Å². The van der Waals surface area contributed by atoms with E-state index in [0.29, 0.717) is 6.04 Å². The van der Waals surface area contributed by atoms with Gasteiger partial charge in [0.15, 0.2) is 0 Å². The summed E-state index contributed by atoms with van der Waals surface area (Å²) in [5.41, 5.74) is 3.15. The summed E-state index contributed by atoms with van der Waals surface area (Å²) in [7, 11) is 0. The molecule has 2 unspecified atom stereocenters. The van der Waals surface area contributed by atoms with E-state index in [2.05, 4.69) is 36.5 Å². The molecule has 1 heterocycles. The molecule has 0 amide bonds. The third-order valence-electron chi connectivity index (χ3n) is 3.74. The lowest BCUT2D eigenvalue weighted by Crippen LogP contribution is -2.25. The van der Waals surface area contributed by atoms with E-state index in [0.717, 1.165) is 11.8 Å². The van der Waals surface area contributed by atoms with Crippen LogP contribution in [0.3, 0.4) is 0 Å². The monoisotopic (exact) mass is 201 g/mol. The van der Waals surface area contributed by atoms with Gasteiger partial charge < -0.3 is 5.32 Å². The van der Waals surface area contributed by atoms with E-state index in [1.165, 1.54) is 25.8 Å². The molecular formula is C14H19N. The molecule has 1 aromatic carbocycles. The maximum atomic E-state index is 3.75. The van der Waals surface area contributed by atoms with E-state index < -0.39 is 0 Å². The number of hydrogen-bond acceptors (Lipinski definition) is 1.